The normalized spacial score (nSPS) is 10.2. The van der Waals surface area contributed by atoms with Crippen LogP contribution in [0.2, 0.25) is 0 Å². The Morgan fingerprint density at radius 2 is 2.15 bits per heavy atom. The molecule has 0 unspecified atom stereocenters. The summed E-state index contributed by atoms with van der Waals surface area (Å²) in [6.07, 6.45) is 1.36. The molecule has 2 nitrogen and oxygen atoms in total. The lowest BCUT2D eigenvalue weighted by atomic mass is 10.2. The molecular weight excluding hydrogens is 228 g/mol. The van der Waals surface area contributed by atoms with Crippen molar-refractivity contribution in [2.45, 2.75) is 19.9 Å². The molecule has 0 fully saturated rings. The third-order valence-electron chi connectivity index (χ3n) is 1.61. The standard InChI is InChI=1S/C10H13BrN2/c1-7(2)13-10-4-3-9(11)5-8(10)6-12/h3-7,12-13H,1-2H3. The number of hydrogen-bond acceptors (Lipinski definition) is 2. The second kappa shape index (κ2) is 4.42. The lowest BCUT2D eigenvalue weighted by molar-refractivity contribution is 0.899. The predicted molar refractivity (Wildman–Crippen MR) is 60.8 cm³/mol. The highest BCUT2D eigenvalue weighted by molar-refractivity contribution is 9.10. The summed E-state index contributed by atoms with van der Waals surface area (Å²) in [5.41, 5.74) is 1.91. The Labute approximate surface area is 87.0 Å². The summed E-state index contributed by atoms with van der Waals surface area (Å²) in [5, 5.41) is 10.5. The number of hydrogen-bond donors (Lipinski definition) is 2. The minimum Gasteiger partial charge on any atom is -0.382 e. The summed E-state index contributed by atoms with van der Waals surface area (Å²) in [6.45, 7) is 4.16. The highest BCUT2D eigenvalue weighted by Gasteiger charge is 2.01. The minimum absolute atomic E-state index is 0.389. The second-order valence-corrected chi connectivity index (χ2v) is 4.09. The van der Waals surface area contributed by atoms with Gasteiger partial charge in [-0.2, -0.15) is 0 Å². The Hall–Kier alpha value is -0.830. The van der Waals surface area contributed by atoms with E-state index in [1.807, 2.05) is 18.2 Å². The first-order valence-corrected chi connectivity index (χ1v) is 4.99. The Morgan fingerprint density at radius 1 is 1.46 bits per heavy atom. The molecule has 0 aliphatic heterocycles. The van der Waals surface area contributed by atoms with E-state index < -0.39 is 0 Å². The molecule has 2 N–H and O–H groups in total. The van der Waals surface area contributed by atoms with Gasteiger partial charge in [-0.15, -0.1) is 0 Å². The largest absolute Gasteiger partial charge is 0.382 e. The van der Waals surface area contributed by atoms with Crippen molar-refractivity contribution in [2.75, 3.05) is 5.32 Å². The molecule has 0 saturated heterocycles. The molecule has 3 heteroatoms. The first-order valence-electron chi connectivity index (χ1n) is 4.20. The molecule has 1 rings (SSSR count). The van der Waals surface area contributed by atoms with E-state index >= 15 is 0 Å². The fourth-order valence-electron chi connectivity index (χ4n) is 1.10. The summed E-state index contributed by atoms with van der Waals surface area (Å²) in [4.78, 5) is 0. The topological polar surface area (TPSA) is 35.9 Å². The highest BCUT2D eigenvalue weighted by Crippen LogP contribution is 2.19. The monoisotopic (exact) mass is 240 g/mol. The van der Waals surface area contributed by atoms with Gasteiger partial charge in [0, 0.05) is 28.0 Å². The van der Waals surface area contributed by atoms with E-state index in [0.717, 1.165) is 15.7 Å². The van der Waals surface area contributed by atoms with Crippen LogP contribution in [0.5, 0.6) is 0 Å². The molecule has 0 saturated carbocycles. The van der Waals surface area contributed by atoms with Crippen LogP contribution in [0.25, 0.3) is 0 Å². The van der Waals surface area contributed by atoms with Crippen LogP contribution in [0.15, 0.2) is 22.7 Å². The quantitative estimate of drug-likeness (QED) is 0.783. The minimum atomic E-state index is 0.389. The zero-order valence-electron chi connectivity index (χ0n) is 7.76. The molecular formula is C10H13BrN2. The van der Waals surface area contributed by atoms with Gasteiger partial charge in [-0.1, -0.05) is 15.9 Å². The Morgan fingerprint density at radius 3 is 2.69 bits per heavy atom. The van der Waals surface area contributed by atoms with E-state index in [-0.39, 0.29) is 0 Å². The maximum Gasteiger partial charge on any atom is 0.0431 e. The van der Waals surface area contributed by atoms with Crippen molar-refractivity contribution in [1.82, 2.24) is 0 Å². The van der Waals surface area contributed by atoms with Crippen LogP contribution in [0, 0.1) is 5.41 Å². The maximum absolute atomic E-state index is 7.24. The van der Waals surface area contributed by atoms with Crippen LogP contribution in [0.3, 0.4) is 0 Å². The van der Waals surface area contributed by atoms with Gasteiger partial charge in [0.1, 0.15) is 0 Å². The van der Waals surface area contributed by atoms with E-state index in [4.69, 9.17) is 5.41 Å². The maximum atomic E-state index is 7.24. The predicted octanol–water partition coefficient (Wildman–Crippen LogP) is 3.27. The average molecular weight is 241 g/mol. The van der Waals surface area contributed by atoms with Gasteiger partial charge in [-0.05, 0) is 32.0 Å². The molecule has 0 atom stereocenters. The third-order valence-corrected chi connectivity index (χ3v) is 2.11. The fourth-order valence-corrected chi connectivity index (χ4v) is 1.47. The molecule has 0 amide bonds. The van der Waals surface area contributed by atoms with Crippen molar-refractivity contribution in [3.63, 3.8) is 0 Å². The number of nitrogens with one attached hydrogen (secondary N) is 2. The van der Waals surface area contributed by atoms with Crippen LogP contribution in [0.4, 0.5) is 5.69 Å². The van der Waals surface area contributed by atoms with Crippen molar-refractivity contribution in [3.05, 3.63) is 28.2 Å². The van der Waals surface area contributed by atoms with Crippen LogP contribution in [-0.2, 0) is 0 Å². The summed E-state index contributed by atoms with van der Waals surface area (Å²) >= 11 is 3.37. The van der Waals surface area contributed by atoms with Gasteiger partial charge in [0.15, 0.2) is 0 Å². The van der Waals surface area contributed by atoms with Gasteiger partial charge in [0.25, 0.3) is 0 Å². The number of anilines is 1. The lowest BCUT2D eigenvalue weighted by Crippen LogP contribution is -2.11. The highest BCUT2D eigenvalue weighted by atomic mass is 79.9. The Balaban J connectivity index is 2.99. The fraction of sp³-hybridized carbons (Fsp3) is 0.300. The number of benzene rings is 1. The van der Waals surface area contributed by atoms with Crippen LogP contribution >= 0.6 is 15.9 Å². The third kappa shape index (κ3) is 2.84. The van der Waals surface area contributed by atoms with Gasteiger partial charge in [-0.3, -0.25) is 0 Å². The Bertz CT molecular complexity index is 308. The molecule has 1 aromatic carbocycles. The molecule has 1 aromatic rings. The summed E-state index contributed by atoms with van der Waals surface area (Å²) < 4.78 is 1.00. The number of rotatable bonds is 3. The molecule has 0 aromatic heterocycles. The number of halogens is 1. The summed E-state index contributed by atoms with van der Waals surface area (Å²) in [7, 11) is 0. The van der Waals surface area contributed by atoms with Crippen LogP contribution in [-0.4, -0.2) is 12.3 Å². The SMILES string of the molecule is CC(C)Nc1ccc(Br)cc1C=N. The van der Waals surface area contributed by atoms with E-state index in [0.29, 0.717) is 6.04 Å². The summed E-state index contributed by atoms with van der Waals surface area (Å²) in [5.74, 6) is 0. The van der Waals surface area contributed by atoms with Crippen LogP contribution in [0.1, 0.15) is 19.4 Å². The average Bonchev–Trinajstić information content (AvgIpc) is 2.07. The molecule has 70 valence electrons. The van der Waals surface area contributed by atoms with Crippen LogP contribution < -0.4 is 5.32 Å². The second-order valence-electron chi connectivity index (χ2n) is 3.17. The molecule has 0 aliphatic carbocycles. The Kier molecular flexibility index (Phi) is 3.48. The molecule has 0 radical (unpaired) electrons. The zero-order valence-corrected chi connectivity index (χ0v) is 9.35. The van der Waals surface area contributed by atoms with E-state index in [2.05, 4.69) is 35.1 Å². The van der Waals surface area contributed by atoms with E-state index in [9.17, 15) is 0 Å². The van der Waals surface area contributed by atoms with Gasteiger partial charge in [-0.25, -0.2) is 0 Å². The van der Waals surface area contributed by atoms with Gasteiger partial charge in [0.2, 0.25) is 0 Å². The lowest BCUT2D eigenvalue weighted by Gasteiger charge is -2.12. The first kappa shape index (κ1) is 10.3. The van der Waals surface area contributed by atoms with Crippen molar-refractivity contribution in [3.8, 4) is 0 Å². The van der Waals surface area contributed by atoms with Crippen molar-refractivity contribution in [1.29, 1.82) is 5.41 Å². The molecule has 0 bridgehead atoms. The van der Waals surface area contributed by atoms with E-state index in [1.54, 1.807) is 0 Å². The van der Waals surface area contributed by atoms with Gasteiger partial charge >= 0.3 is 0 Å². The van der Waals surface area contributed by atoms with Crippen molar-refractivity contribution < 1.29 is 0 Å². The van der Waals surface area contributed by atoms with Gasteiger partial charge in [0.05, 0.1) is 0 Å². The van der Waals surface area contributed by atoms with Crippen molar-refractivity contribution in [2.24, 2.45) is 0 Å². The first-order chi connectivity index (χ1) is 6.13. The van der Waals surface area contributed by atoms with Gasteiger partial charge < -0.3 is 10.7 Å². The zero-order chi connectivity index (χ0) is 9.84. The molecule has 13 heavy (non-hydrogen) atoms. The van der Waals surface area contributed by atoms with Crippen molar-refractivity contribution >= 4 is 27.8 Å². The molecule has 0 spiro atoms. The smallest absolute Gasteiger partial charge is 0.0431 e. The summed E-state index contributed by atoms with van der Waals surface area (Å²) in [6, 6.07) is 6.26. The molecule has 0 heterocycles. The molecule has 0 aliphatic rings. The van der Waals surface area contributed by atoms with E-state index in [1.165, 1.54) is 6.21 Å².